The molecule has 1 N–H and O–H groups in total. The van der Waals surface area contributed by atoms with Gasteiger partial charge in [0.1, 0.15) is 0 Å². The summed E-state index contributed by atoms with van der Waals surface area (Å²) in [7, 11) is 0. The van der Waals surface area contributed by atoms with Crippen LogP contribution in [0.1, 0.15) is 38.7 Å². The molecule has 2 aliphatic rings. The Bertz CT molecular complexity index is 472. The zero-order chi connectivity index (χ0) is 14.7. The molecule has 0 saturated heterocycles. The van der Waals surface area contributed by atoms with Gasteiger partial charge < -0.3 is 10.2 Å². The molecule has 21 heavy (non-hydrogen) atoms. The van der Waals surface area contributed by atoms with Gasteiger partial charge in [0.2, 0.25) is 0 Å². The van der Waals surface area contributed by atoms with Crippen LogP contribution in [0, 0.1) is 5.92 Å². The quantitative estimate of drug-likeness (QED) is 0.802. The van der Waals surface area contributed by atoms with E-state index in [1.165, 1.54) is 48.6 Å². The summed E-state index contributed by atoms with van der Waals surface area (Å²) in [6, 6.07) is 8.95. The summed E-state index contributed by atoms with van der Waals surface area (Å²) in [5.74, 6) is 3.39. The smallest absolute Gasteiger partial charge is 0.0412 e. The van der Waals surface area contributed by atoms with Gasteiger partial charge in [0, 0.05) is 30.9 Å². The Morgan fingerprint density at radius 2 is 2.14 bits per heavy atom. The minimum Gasteiger partial charge on any atom is -0.369 e. The molecule has 1 aromatic rings. The van der Waals surface area contributed by atoms with Crippen LogP contribution in [0.2, 0.25) is 0 Å². The molecule has 1 fully saturated rings. The molecule has 1 aliphatic carbocycles. The molecule has 0 spiro atoms. The summed E-state index contributed by atoms with van der Waals surface area (Å²) in [5, 5.41) is 3.86. The third-order valence-corrected chi connectivity index (χ3v) is 5.92. The minimum atomic E-state index is 0.289. The second-order valence-corrected chi connectivity index (χ2v) is 8.04. The molecule has 1 heterocycles. The van der Waals surface area contributed by atoms with Gasteiger partial charge >= 0.3 is 0 Å². The number of hydrogen-bond acceptors (Lipinski definition) is 3. The Morgan fingerprint density at radius 3 is 2.90 bits per heavy atom. The Labute approximate surface area is 133 Å². The summed E-state index contributed by atoms with van der Waals surface area (Å²) in [4.78, 5) is 2.64. The summed E-state index contributed by atoms with van der Waals surface area (Å²) < 4.78 is 0. The van der Waals surface area contributed by atoms with E-state index in [0.29, 0.717) is 0 Å². The molecular formula is C18H28N2S. The first-order valence-corrected chi connectivity index (χ1v) is 9.54. The van der Waals surface area contributed by atoms with Crippen molar-refractivity contribution in [2.45, 2.75) is 45.2 Å². The molecule has 3 heteroatoms. The van der Waals surface area contributed by atoms with Crippen LogP contribution in [-0.2, 0) is 6.54 Å². The zero-order valence-corrected chi connectivity index (χ0v) is 14.2. The molecule has 116 valence electrons. The largest absolute Gasteiger partial charge is 0.369 e. The molecule has 1 aliphatic heterocycles. The fourth-order valence-electron chi connectivity index (χ4n) is 3.50. The van der Waals surface area contributed by atoms with Gasteiger partial charge in [-0.05, 0) is 55.2 Å². The first kappa shape index (κ1) is 15.2. The molecule has 0 aromatic heterocycles. The van der Waals surface area contributed by atoms with Crippen LogP contribution in [0.3, 0.4) is 0 Å². The lowest BCUT2D eigenvalue weighted by atomic mass is 9.95. The van der Waals surface area contributed by atoms with Crippen LogP contribution in [0.5, 0.6) is 0 Å². The van der Waals surface area contributed by atoms with Crippen molar-refractivity contribution in [3.8, 4) is 0 Å². The molecule has 0 radical (unpaired) electrons. The third-order valence-electron chi connectivity index (χ3n) is 4.93. The third kappa shape index (κ3) is 3.57. The Balaban J connectivity index is 1.75. The predicted molar refractivity (Wildman–Crippen MR) is 94.2 cm³/mol. The summed E-state index contributed by atoms with van der Waals surface area (Å²) in [6.07, 6.45) is 4.09. The summed E-state index contributed by atoms with van der Waals surface area (Å²) in [5.41, 5.74) is 3.21. The molecule has 3 rings (SSSR count). The van der Waals surface area contributed by atoms with Gasteiger partial charge in [-0.15, -0.1) is 0 Å². The number of anilines is 1. The number of nitrogens with one attached hydrogen (secondary N) is 1. The van der Waals surface area contributed by atoms with Crippen LogP contribution in [0.25, 0.3) is 0 Å². The van der Waals surface area contributed by atoms with E-state index in [0.717, 1.165) is 19.0 Å². The fraction of sp³-hybridized carbons (Fsp3) is 0.667. The standard InChI is InChI=1S/C18H28N2S/c1-3-21-12-6-11-20-14-18(2,16-9-10-16)19-13-15-7-4-5-8-17(15)20/h4-5,7-8,16,19H,3,6,9-14H2,1-2H3. The van der Waals surface area contributed by atoms with E-state index in [4.69, 9.17) is 0 Å². The van der Waals surface area contributed by atoms with Crippen molar-refractivity contribution in [1.82, 2.24) is 5.32 Å². The van der Waals surface area contributed by atoms with E-state index in [1.807, 2.05) is 0 Å². The number of hydrogen-bond donors (Lipinski definition) is 1. The second-order valence-electron chi connectivity index (χ2n) is 6.65. The van der Waals surface area contributed by atoms with Crippen molar-refractivity contribution in [2.24, 2.45) is 5.92 Å². The lowest BCUT2D eigenvalue weighted by molar-refractivity contribution is 0.316. The molecule has 0 bridgehead atoms. The van der Waals surface area contributed by atoms with Crippen LogP contribution >= 0.6 is 11.8 Å². The SMILES string of the molecule is CCSCCCN1CC(C)(C2CC2)NCc2ccccc21. The normalized spacial score (nSPS) is 25.5. The lowest BCUT2D eigenvalue weighted by Crippen LogP contribution is -2.51. The maximum atomic E-state index is 3.86. The van der Waals surface area contributed by atoms with Gasteiger partial charge in [-0.3, -0.25) is 0 Å². The number of nitrogens with zero attached hydrogens (tertiary/aromatic N) is 1. The van der Waals surface area contributed by atoms with Crippen molar-refractivity contribution in [1.29, 1.82) is 0 Å². The monoisotopic (exact) mass is 304 g/mol. The van der Waals surface area contributed by atoms with Crippen LogP contribution in [0.15, 0.2) is 24.3 Å². The van der Waals surface area contributed by atoms with Gasteiger partial charge in [0.05, 0.1) is 0 Å². The zero-order valence-electron chi connectivity index (χ0n) is 13.4. The van der Waals surface area contributed by atoms with Gasteiger partial charge in [-0.2, -0.15) is 11.8 Å². The topological polar surface area (TPSA) is 15.3 Å². The first-order chi connectivity index (χ1) is 10.2. The van der Waals surface area contributed by atoms with Crippen molar-refractivity contribution < 1.29 is 0 Å². The Morgan fingerprint density at radius 1 is 1.33 bits per heavy atom. The first-order valence-electron chi connectivity index (χ1n) is 8.38. The molecule has 0 amide bonds. The summed E-state index contributed by atoms with van der Waals surface area (Å²) in [6.45, 7) is 8.05. The van der Waals surface area contributed by atoms with Crippen LogP contribution < -0.4 is 10.2 Å². The van der Waals surface area contributed by atoms with Crippen molar-refractivity contribution in [3.05, 3.63) is 29.8 Å². The molecule has 1 atom stereocenters. The van der Waals surface area contributed by atoms with E-state index in [2.05, 4.69) is 60.1 Å². The van der Waals surface area contributed by atoms with E-state index in [1.54, 1.807) is 0 Å². The van der Waals surface area contributed by atoms with E-state index < -0.39 is 0 Å². The van der Waals surface area contributed by atoms with E-state index in [-0.39, 0.29) is 5.54 Å². The molecule has 1 aromatic carbocycles. The predicted octanol–water partition coefficient (Wildman–Crippen LogP) is 3.91. The molecule has 1 unspecified atom stereocenters. The number of rotatable bonds is 6. The average Bonchev–Trinajstić information content (AvgIpc) is 3.33. The Kier molecular flexibility index (Phi) is 4.80. The van der Waals surface area contributed by atoms with Crippen molar-refractivity contribution in [3.63, 3.8) is 0 Å². The van der Waals surface area contributed by atoms with E-state index in [9.17, 15) is 0 Å². The molecule has 2 nitrogen and oxygen atoms in total. The number of fused-ring (bicyclic) bond motifs is 1. The van der Waals surface area contributed by atoms with Crippen molar-refractivity contribution >= 4 is 17.4 Å². The fourth-order valence-corrected chi connectivity index (χ4v) is 4.12. The van der Waals surface area contributed by atoms with Crippen LogP contribution in [-0.4, -0.2) is 30.1 Å². The maximum absolute atomic E-state index is 3.86. The second kappa shape index (κ2) is 6.62. The maximum Gasteiger partial charge on any atom is 0.0412 e. The Hall–Kier alpha value is -0.670. The highest BCUT2D eigenvalue weighted by molar-refractivity contribution is 7.99. The van der Waals surface area contributed by atoms with Gasteiger partial charge in [0.25, 0.3) is 0 Å². The highest BCUT2D eigenvalue weighted by atomic mass is 32.2. The number of para-hydroxylation sites is 1. The lowest BCUT2D eigenvalue weighted by Gasteiger charge is -2.35. The average molecular weight is 305 g/mol. The summed E-state index contributed by atoms with van der Waals surface area (Å²) >= 11 is 2.06. The number of benzene rings is 1. The number of thioether (sulfide) groups is 1. The van der Waals surface area contributed by atoms with Gasteiger partial charge in [0.15, 0.2) is 0 Å². The van der Waals surface area contributed by atoms with Crippen LogP contribution in [0.4, 0.5) is 5.69 Å². The molecular weight excluding hydrogens is 276 g/mol. The van der Waals surface area contributed by atoms with Gasteiger partial charge in [-0.25, -0.2) is 0 Å². The van der Waals surface area contributed by atoms with Gasteiger partial charge in [-0.1, -0.05) is 25.1 Å². The minimum absolute atomic E-state index is 0.289. The molecule has 1 saturated carbocycles. The van der Waals surface area contributed by atoms with Crippen molar-refractivity contribution in [2.75, 3.05) is 29.5 Å². The highest BCUT2D eigenvalue weighted by Crippen LogP contribution is 2.42. The highest BCUT2D eigenvalue weighted by Gasteiger charge is 2.43. The van der Waals surface area contributed by atoms with E-state index >= 15 is 0 Å².